The lowest BCUT2D eigenvalue weighted by molar-refractivity contribution is -0.148. The van der Waals surface area contributed by atoms with Crippen molar-refractivity contribution in [2.45, 2.75) is 25.4 Å². The molecule has 1 aliphatic carbocycles. The van der Waals surface area contributed by atoms with E-state index in [4.69, 9.17) is 0 Å². The lowest BCUT2D eigenvalue weighted by Crippen LogP contribution is -2.11. The number of methoxy groups -OCH3 is 1. The number of halogens is 3. The number of carbonyl (C=O) groups is 1. The van der Waals surface area contributed by atoms with Crippen LogP contribution >= 0.6 is 0 Å². The van der Waals surface area contributed by atoms with Gasteiger partial charge in [0.15, 0.2) is 0 Å². The maximum Gasteiger partial charge on any atom is 0.392 e. The molecular weight excluding hydrogens is 245 g/mol. The zero-order valence-corrected chi connectivity index (χ0v) is 10.0. The number of rotatable bonds is 2. The van der Waals surface area contributed by atoms with Gasteiger partial charge < -0.3 is 4.74 Å². The first-order valence-corrected chi connectivity index (χ1v) is 5.60. The van der Waals surface area contributed by atoms with E-state index in [-0.39, 0.29) is 6.42 Å². The van der Waals surface area contributed by atoms with E-state index >= 15 is 0 Å². The van der Waals surface area contributed by atoms with Gasteiger partial charge >= 0.3 is 12.1 Å². The molecule has 0 amide bonds. The molecule has 0 bridgehead atoms. The van der Waals surface area contributed by atoms with Gasteiger partial charge in [-0.2, -0.15) is 13.2 Å². The molecule has 1 aromatic carbocycles. The molecule has 18 heavy (non-hydrogen) atoms. The average molecular weight is 258 g/mol. The number of hydrogen-bond donors (Lipinski definition) is 0. The van der Waals surface area contributed by atoms with Gasteiger partial charge in [-0.15, -0.1) is 0 Å². The van der Waals surface area contributed by atoms with Crippen LogP contribution in [0.5, 0.6) is 0 Å². The predicted molar refractivity (Wildman–Crippen MR) is 59.4 cm³/mol. The van der Waals surface area contributed by atoms with Crippen molar-refractivity contribution in [3.63, 3.8) is 0 Å². The molecule has 1 aromatic rings. The van der Waals surface area contributed by atoms with Crippen LogP contribution in [0.3, 0.4) is 0 Å². The van der Waals surface area contributed by atoms with Crippen molar-refractivity contribution in [3.8, 4) is 0 Å². The molecule has 0 heterocycles. The maximum atomic E-state index is 12.5. The Morgan fingerprint density at radius 3 is 2.50 bits per heavy atom. The Balaban J connectivity index is 2.19. The van der Waals surface area contributed by atoms with Gasteiger partial charge in [0.2, 0.25) is 0 Å². The SMILES string of the molecule is COC(=O)c1ccc(C2CC2C(F)(F)F)cc1C. The molecule has 0 N–H and O–H groups in total. The third-order valence-corrected chi connectivity index (χ3v) is 3.29. The van der Waals surface area contributed by atoms with E-state index in [1.165, 1.54) is 13.2 Å². The molecule has 2 atom stereocenters. The highest BCUT2D eigenvalue weighted by Gasteiger charge is 2.56. The summed E-state index contributed by atoms with van der Waals surface area (Å²) >= 11 is 0. The van der Waals surface area contributed by atoms with Crippen LogP contribution in [0.15, 0.2) is 18.2 Å². The first-order valence-electron chi connectivity index (χ1n) is 5.60. The smallest absolute Gasteiger partial charge is 0.392 e. The van der Waals surface area contributed by atoms with Crippen LogP contribution < -0.4 is 0 Å². The Labute approximate surface area is 103 Å². The van der Waals surface area contributed by atoms with Gasteiger partial charge in [-0.3, -0.25) is 0 Å². The lowest BCUT2D eigenvalue weighted by Gasteiger charge is -2.08. The standard InChI is InChI=1S/C13H13F3O2/c1-7-5-8(3-4-9(7)12(17)18-2)10-6-11(10)13(14,15)16/h3-5,10-11H,6H2,1-2H3. The third-order valence-electron chi connectivity index (χ3n) is 3.29. The van der Waals surface area contributed by atoms with Crippen LogP contribution in [0.4, 0.5) is 13.2 Å². The Morgan fingerprint density at radius 1 is 1.39 bits per heavy atom. The number of aryl methyl sites for hydroxylation is 1. The molecule has 0 radical (unpaired) electrons. The summed E-state index contributed by atoms with van der Waals surface area (Å²) in [6.45, 7) is 1.70. The van der Waals surface area contributed by atoms with Crippen molar-refractivity contribution in [1.82, 2.24) is 0 Å². The number of esters is 1. The molecule has 5 heteroatoms. The van der Waals surface area contributed by atoms with Crippen molar-refractivity contribution < 1.29 is 22.7 Å². The van der Waals surface area contributed by atoms with E-state index in [0.29, 0.717) is 16.7 Å². The highest BCUT2D eigenvalue weighted by molar-refractivity contribution is 5.91. The highest BCUT2D eigenvalue weighted by Crippen LogP contribution is 2.56. The van der Waals surface area contributed by atoms with E-state index in [1.54, 1.807) is 19.1 Å². The summed E-state index contributed by atoms with van der Waals surface area (Å²) in [5, 5.41) is 0. The number of benzene rings is 1. The minimum Gasteiger partial charge on any atom is -0.465 e. The topological polar surface area (TPSA) is 26.3 Å². The van der Waals surface area contributed by atoms with Crippen molar-refractivity contribution in [3.05, 3.63) is 34.9 Å². The van der Waals surface area contributed by atoms with E-state index in [0.717, 1.165) is 0 Å². The van der Waals surface area contributed by atoms with Crippen molar-refractivity contribution in [2.24, 2.45) is 5.92 Å². The molecule has 0 spiro atoms. The van der Waals surface area contributed by atoms with E-state index < -0.39 is 24.0 Å². The second-order valence-corrected chi connectivity index (χ2v) is 4.56. The second kappa shape index (κ2) is 4.30. The minimum absolute atomic E-state index is 0.139. The number of hydrogen-bond acceptors (Lipinski definition) is 2. The Bertz CT molecular complexity index is 480. The van der Waals surface area contributed by atoms with Gasteiger partial charge in [-0.25, -0.2) is 4.79 Å². The summed E-state index contributed by atoms with van der Waals surface area (Å²) in [5.74, 6) is -2.17. The third kappa shape index (κ3) is 2.35. The molecule has 0 aromatic heterocycles. The predicted octanol–water partition coefficient (Wildman–Crippen LogP) is 3.45. The molecule has 0 aliphatic heterocycles. The van der Waals surface area contributed by atoms with Crippen LogP contribution in [-0.4, -0.2) is 19.3 Å². The first kappa shape index (κ1) is 12.9. The van der Waals surface area contributed by atoms with E-state index in [1.807, 2.05) is 0 Å². The Kier molecular flexibility index (Phi) is 3.09. The number of alkyl halides is 3. The lowest BCUT2D eigenvalue weighted by atomic mass is 10.0. The summed E-state index contributed by atoms with van der Waals surface area (Å²) in [5.41, 5.74) is 1.68. The molecule has 0 saturated heterocycles. The zero-order valence-electron chi connectivity index (χ0n) is 10.0. The number of carbonyl (C=O) groups excluding carboxylic acids is 1. The van der Waals surface area contributed by atoms with Crippen LogP contribution in [0.25, 0.3) is 0 Å². The molecular formula is C13H13F3O2. The molecule has 1 aliphatic rings. The fourth-order valence-corrected chi connectivity index (χ4v) is 2.18. The summed E-state index contributed by atoms with van der Waals surface area (Å²) in [4.78, 5) is 11.4. The van der Waals surface area contributed by atoms with E-state index in [2.05, 4.69) is 4.74 Å². The fraction of sp³-hybridized carbons (Fsp3) is 0.462. The van der Waals surface area contributed by atoms with Crippen LogP contribution in [0, 0.1) is 12.8 Å². The summed E-state index contributed by atoms with van der Waals surface area (Å²) < 4.78 is 42.0. The number of ether oxygens (including phenoxy) is 1. The first-order chi connectivity index (χ1) is 8.34. The molecule has 2 rings (SSSR count). The molecule has 2 unspecified atom stereocenters. The van der Waals surface area contributed by atoms with Crippen molar-refractivity contribution in [1.29, 1.82) is 0 Å². The Hall–Kier alpha value is -1.52. The van der Waals surface area contributed by atoms with Gasteiger partial charge in [-0.1, -0.05) is 12.1 Å². The summed E-state index contributed by atoms with van der Waals surface area (Å²) in [6.07, 6.45) is -3.99. The fourth-order valence-electron chi connectivity index (χ4n) is 2.18. The van der Waals surface area contributed by atoms with Gasteiger partial charge in [0.1, 0.15) is 0 Å². The quantitative estimate of drug-likeness (QED) is 0.759. The molecule has 98 valence electrons. The highest BCUT2D eigenvalue weighted by atomic mass is 19.4. The van der Waals surface area contributed by atoms with Crippen molar-refractivity contribution in [2.75, 3.05) is 7.11 Å². The zero-order chi connectivity index (χ0) is 13.5. The van der Waals surface area contributed by atoms with Crippen LogP contribution in [-0.2, 0) is 4.74 Å². The van der Waals surface area contributed by atoms with Gasteiger partial charge in [0, 0.05) is 0 Å². The largest absolute Gasteiger partial charge is 0.465 e. The molecule has 1 fully saturated rings. The summed E-state index contributed by atoms with van der Waals surface area (Å²) in [6, 6.07) is 4.75. The van der Waals surface area contributed by atoms with Gasteiger partial charge in [0.25, 0.3) is 0 Å². The monoisotopic (exact) mass is 258 g/mol. The molecule has 2 nitrogen and oxygen atoms in total. The normalized spacial score (nSPS) is 22.7. The van der Waals surface area contributed by atoms with Crippen LogP contribution in [0.2, 0.25) is 0 Å². The van der Waals surface area contributed by atoms with E-state index in [9.17, 15) is 18.0 Å². The van der Waals surface area contributed by atoms with Gasteiger partial charge in [0.05, 0.1) is 18.6 Å². The van der Waals surface area contributed by atoms with Crippen molar-refractivity contribution >= 4 is 5.97 Å². The average Bonchev–Trinajstić information content (AvgIpc) is 3.07. The van der Waals surface area contributed by atoms with Gasteiger partial charge in [-0.05, 0) is 36.5 Å². The molecule has 1 saturated carbocycles. The Morgan fingerprint density at radius 2 is 2.06 bits per heavy atom. The van der Waals surface area contributed by atoms with Crippen LogP contribution in [0.1, 0.15) is 33.8 Å². The second-order valence-electron chi connectivity index (χ2n) is 4.56. The minimum atomic E-state index is -4.13. The summed E-state index contributed by atoms with van der Waals surface area (Å²) in [7, 11) is 1.27. The maximum absolute atomic E-state index is 12.5.